The first-order chi connectivity index (χ1) is 19.9. The molecular formula is C34H48F2N2O4. The Balaban J connectivity index is 1.73. The number of methoxy groups -OCH3 is 1. The maximum atomic E-state index is 14.0. The first-order valence-electron chi connectivity index (χ1n) is 15.3. The van der Waals surface area contributed by atoms with E-state index in [0.29, 0.717) is 31.2 Å². The third-order valence-corrected chi connectivity index (χ3v) is 8.34. The lowest BCUT2D eigenvalue weighted by Gasteiger charge is -2.41. The molecule has 2 atom stereocenters. The molecule has 2 aromatic carbocycles. The maximum Gasteiger partial charge on any atom is 0.305 e. The molecule has 0 heterocycles. The number of aliphatic hydroxyl groups excluding tert-OH is 1. The summed E-state index contributed by atoms with van der Waals surface area (Å²) >= 11 is 0. The van der Waals surface area contributed by atoms with Crippen molar-refractivity contribution in [3.8, 4) is 0 Å². The fourth-order valence-corrected chi connectivity index (χ4v) is 5.83. The largest absolute Gasteiger partial charge is 0.469 e. The fourth-order valence-electron chi connectivity index (χ4n) is 5.83. The van der Waals surface area contributed by atoms with E-state index in [1.165, 1.54) is 30.4 Å². The summed E-state index contributed by atoms with van der Waals surface area (Å²) in [6.07, 6.45) is 6.66. The van der Waals surface area contributed by atoms with Crippen molar-refractivity contribution in [3.63, 3.8) is 0 Å². The smallest absolute Gasteiger partial charge is 0.305 e. The molecule has 1 amide bonds. The van der Waals surface area contributed by atoms with Gasteiger partial charge in [-0.2, -0.15) is 0 Å². The van der Waals surface area contributed by atoms with Gasteiger partial charge in [0.05, 0.1) is 19.3 Å². The van der Waals surface area contributed by atoms with Crippen LogP contribution in [0.25, 0.3) is 0 Å². The summed E-state index contributed by atoms with van der Waals surface area (Å²) in [5, 5.41) is 18.0. The van der Waals surface area contributed by atoms with Gasteiger partial charge in [-0.1, -0.05) is 70.7 Å². The van der Waals surface area contributed by atoms with Crippen molar-refractivity contribution in [2.75, 3.05) is 13.7 Å². The maximum absolute atomic E-state index is 14.0. The molecule has 0 aromatic heterocycles. The number of esters is 1. The molecule has 0 bridgehead atoms. The predicted octanol–water partition coefficient (Wildman–Crippen LogP) is 6.22. The van der Waals surface area contributed by atoms with Gasteiger partial charge in [0.15, 0.2) is 0 Å². The number of aliphatic hydroxyl groups is 1. The van der Waals surface area contributed by atoms with Gasteiger partial charge in [0.25, 0.3) is 0 Å². The van der Waals surface area contributed by atoms with Crippen LogP contribution in [0, 0.1) is 11.6 Å². The summed E-state index contributed by atoms with van der Waals surface area (Å²) in [5.41, 5.74) is 2.50. The van der Waals surface area contributed by atoms with Crippen molar-refractivity contribution in [1.29, 1.82) is 0 Å². The number of amides is 1. The van der Waals surface area contributed by atoms with Crippen molar-refractivity contribution in [2.24, 2.45) is 0 Å². The summed E-state index contributed by atoms with van der Waals surface area (Å²) in [4.78, 5) is 24.2. The van der Waals surface area contributed by atoms with Gasteiger partial charge in [-0.15, -0.1) is 0 Å². The number of nitrogens with one attached hydrogen (secondary N) is 2. The van der Waals surface area contributed by atoms with Crippen LogP contribution in [-0.4, -0.2) is 42.8 Å². The predicted molar refractivity (Wildman–Crippen MR) is 161 cm³/mol. The number of hydrogen-bond acceptors (Lipinski definition) is 5. The molecule has 0 aliphatic heterocycles. The Bertz CT molecular complexity index is 1150. The number of hydrogen-bond donors (Lipinski definition) is 3. The number of ether oxygens (including phenoxy) is 1. The van der Waals surface area contributed by atoms with Crippen LogP contribution in [0.3, 0.4) is 0 Å². The van der Waals surface area contributed by atoms with Crippen molar-refractivity contribution in [1.82, 2.24) is 10.6 Å². The highest BCUT2D eigenvalue weighted by atomic mass is 19.1. The number of rotatable bonds is 14. The minimum Gasteiger partial charge on any atom is -0.469 e. The minimum atomic E-state index is -0.996. The van der Waals surface area contributed by atoms with E-state index >= 15 is 0 Å². The van der Waals surface area contributed by atoms with Crippen LogP contribution in [0.4, 0.5) is 8.78 Å². The molecule has 232 valence electrons. The monoisotopic (exact) mass is 586 g/mol. The average molecular weight is 587 g/mol. The molecule has 2 aromatic rings. The third kappa shape index (κ3) is 10.2. The number of carbonyl (C=O) groups is 2. The molecule has 0 spiro atoms. The lowest BCUT2D eigenvalue weighted by Crippen LogP contribution is -2.53. The van der Waals surface area contributed by atoms with Crippen LogP contribution in [-0.2, 0) is 31.7 Å². The average Bonchev–Trinajstić information content (AvgIpc) is 2.95. The SMILES string of the molecule is COC(=O)CCCCCC(=O)NC(Cc1cc(F)cc(F)c1)C(O)CNC1(c2cccc(C(C)(C)C)c2)CCCCC1. The molecule has 1 saturated carbocycles. The second-order valence-corrected chi connectivity index (χ2v) is 12.7. The van der Waals surface area contributed by atoms with E-state index in [2.05, 4.69) is 60.4 Å². The number of unbranched alkanes of at least 4 members (excludes halogenated alkanes) is 2. The Labute approximate surface area is 249 Å². The Kier molecular flexibility index (Phi) is 12.5. The van der Waals surface area contributed by atoms with Crippen LogP contribution in [0.5, 0.6) is 0 Å². The van der Waals surface area contributed by atoms with Crippen molar-refractivity contribution < 1.29 is 28.2 Å². The van der Waals surface area contributed by atoms with E-state index in [1.54, 1.807) is 0 Å². The molecule has 8 heteroatoms. The molecule has 3 rings (SSSR count). The van der Waals surface area contributed by atoms with Crippen LogP contribution >= 0.6 is 0 Å². The zero-order chi connectivity index (χ0) is 30.8. The van der Waals surface area contributed by atoms with Crippen LogP contribution in [0.2, 0.25) is 0 Å². The Morgan fingerprint density at radius 1 is 0.976 bits per heavy atom. The summed E-state index contributed by atoms with van der Waals surface area (Å²) in [5.74, 6) is -1.93. The van der Waals surface area contributed by atoms with Gasteiger partial charge in [-0.25, -0.2) is 8.78 Å². The fraction of sp³-hybridized carbons (Fsp3) is 0.588. The van der Waals surface area contributed by atoms with Gasteiger partial charge in [0, 0.05) is 31.0 Å². The molecular weight excluding hydrogens is 538 g/mol. The topological polar surface area (TPSA) is 87.7 Å². The quantitative estimate of drug-likeness (QED) is 0.181. The highest BCUT2D eigenvalue weighted by molar-refractivity contribution is 5.76. The van der Waals surface area contributed by atoms with Crippen molar-refractivity contribution in [3.05, 3.63) is 70.8 Å². The Hall–Kier alpha value is -2.84. The molecule has 3 N–H and O–H groups in total. The Morgan fingerprint density at radius 2 is 1.64 bits per heavy atom. The molecule has 6 nitrogen and oxygen atoms in total. The van der Waals surface area contributed by atoms with Crippen LogP contribution in [0.15, 0.2) is 42.5 Å². The highest BCUT2D eigenvalue weighted by Gasteiger charge is 2.35. The van der Waals surface area contributed by atoms with E-state index in [4.69, 9.17) is 0 Å². The van der Waals surface area contributed by atoms with Gasteiger partial charge < -0.3 is 20.5 Å². The van der Waals surface area contributed by atoms with Gasteiger partial charge >= 0.3 is 5.97 Å². The number of benzene rings is 2. The molecule has 2 unspecified atom stereocenters. The van der Waals surface area contributed by atoms with E-state index in [-0.39, 0.29) is 42.2 Å². The summed E-state index contributed by atoms with van der Waals surface area (Å²) in [6, 6.07) is 11.2. The normalized spacial score (nSPS) is 16.5. The lowest BCUT2D eigenvalue weighted by molar-refractivity contribution is -0.140. The Morgan fingerprint density at radius 3 is 2.29 bits per heavy atom. The second kappa shape index (κ2) is 15.6. The highest BCUT2D eigenvalue weighted by Crippen LogP contribution is 2.38. The summed E-state index contributed by atoms with van der Waals surface area (Å²) in [7, 11) is 1.35. The van der Waals surface area contributed by atoms with Gasteiger partial charge in [0.2, 0.25) is 5.91 Å². The van der Waals surface area contributed by atoms with E-state index in [0.717, 1.165) is 38.2 Å². The second-order valence-electron chi connectivity index (χ2n) is 12.7. The molecule has 42 heavy (non-hydrogen) atoms. The van der Waals surface area contributed by atoms with Gasteiger partial charge in [0.1, 0.15) is 11.6 Å². The van der Waals surface area contributed by atoms with E-state index < -0.39 is 23.8 Å². The summed E-state index contributed by atoms with van der Waals surface area (Å²) < 4.78 is 32.6. The summed E-state index contributed by atoms with van der Waals surface area (Å²) in [6.45, 7) is 6.79. The first-order valence-corrected chi connectivity index (χ1v) is 15.3. The first kappa shape index (κ1) is 33.7. The number of carbonyl (C=O) groups excluding carboxylic acids is 2. The molecule has 1 fully saturated rings. The molecule has 1 aliphatic carbocycles. The van der Waals surface area contributed by atoms with E-state index in [1.807, 2.05) is 0 Å². The molecule has 1 aliphatic rings. The van der Waals surface area contributed by atoms with Gasteiger partial charge in [-0.05, 0) is 66.3 Å². The zero-order valence-electron chi connectivity index (χ0n) is 25.6. The van der Waals surface area contributed by atoms with Crippen LogP contribution in [0.1, 0.15) is 102 Å². The number of halogens is 2. The third-order valence-electron chi connectivity index (χ3n) is 8.34. The minimum absolute atomic E-state index is 0.000295. The zero-order valence-corrected chi connectivity index (χ0v) is 25.6. The lowest BCUT2D eigenvalue weighted by atomic mass is 9.74. The standard InChI is InChI=1S/C34H48F2N2O4/c1-33(2,3)25-12-11-13-26(21-25)34(16-9-6-10-17-34)37-23-30(39)29(20-24-18-27(35)22-28(36)19-24)38-31(40)14-7-5-8-15-32(41)42-4/h11-13,18-19,21-22,29-30,37,39H,5-10,14-17,20,23H2,1-4H3,(H,38,40). The van der Waals surface area contributed by atoms with Gasteiger partial charge in [-0.3, -0.25) is 9.59 Å². The molecule has 0 saturated heterocycles. The van der Waals surface area contributed by atoms with Crippen molar-refractivity contribution >= 4 is 11.9 Å². The molecule has 0 radical (unpaired) electrons. The van der Waals surface area contributed by atoms with Crippen molar-refractivity contribution in [2.45, 2.75) is 114 Å². The van der Waals surface area contributed by atoms with E-state index in [9.17, 15) is 23.5 Å². The van der Waals surface area contributed by atoms with Crippen LogP contribution < -0.4 is 10.6 Å².